The summed E-state index contributed by atoms with van der Waals surface area (Å²) in [6, 6.07) is 1.81. The summed E-state index contributed by atoms with van der Waals surface area (Å²) >= 11 is 0. The molecule has 0 aromatic carbocycles. The molecule has 6 nitrogen and oxygen atoms in total. The van der Waals surface area contributed by atoms with Gasteiger partial charge in [-0.15, -0.1) is 12.4 Å². The maximum atomic E-state index is 11.8. The molecule has 7 heteroatoms. The zero-order valence-corrected chi connectivity index (χ0v) is 12.1. The molecule has 108 valence electrons. The van der Waals surface area contributed by atoms with Crippen molar-refractivity contribution in [2.45, 2.75) is 13.3 Å². The highest BCUT2D eigenvalue weighted by molar-refractivity contribution is 5.92. The molecule has 1 aliphatic heterocycles. The number of hydrogen-bond donors (Lipinski definition) is 3. The van der Waals surface area contributed by atoms with Gasteiger partial charge in [-0.05, 0) is 12.5 Å². The van der Waals surface area contributed by atoms with E-state index in [4.69, 9.17) is 0 Å². The fourth-order valence-corrected chi connectivity index (χ4v) is 2.01. The number of carbonyl (C=O) groups excluding carboxylic acids is 1. The van der Waals surface area contributed by atoms with Crippen molar-refractivity contribution < 1.29 is 4.79 Å². The van der Waals surface area contributed by atoms with E-state index in [0.29, 0.717) is 12.2 Å². The van der Waals surface area contributed by atoms with Crippen molar-refractivity contribution in [3.05, 3.63) is 17.5 Å². The van der Waals surface area contributed by atoms with E-state index in [9.17, 15) is 4.79 Å². The average molecular weight is 288 g/mol. The summed E-state index contributed by atoms with van der Waals surface area (Å²) in [6.45, 7) is 7.78. The molecule has 1 aromatic heterocycles. The van der Waals surface area contributed by atoms with Crippen molar-refractivity contribution >= 4 is 18.3 Å². The summed E-state index contributed by atoms with van der Waals surface area (Å²) in [5, 5.41) is 13.0. The normalized spacial score (nSPS) is 15.8. The van der Waals surface area contributed by atoms with Gasteiger partial charge in [0.25, 0.3) is 5.91 Å². The fourth-order valence-electron chi connectivity index (χ4n) is 2.01. The minimum absolute atomic E-state index is 0. The lowest BCUT2D eigenvalue weighted by Crippen LogP contribution is -2.46. The van der Waals surface area contributed by atoms with Crippen LogP contribution in [0.1, 0.15) is 23.1 Å². The van der Waals surface area contributed by atoms with Gasteiger partial charge in [-0.2, -0.15) is 5.10 Å². The van der Waals surface area contributed by atoms with Crippen molar-refractivity contribution in [1.29, 1.82) is 0 Å². The first kappa shape index (κ1) is 15.9. The molecule has 0 radical (unpaired) electrons. The first-order chi connectivity index (χ1) is 8.79. The van der Waals surface area contributed by atoms with Crippen LogP contribution in [0.3, 0.4) is 0 Å². The third-order valence-electron chi connectivity index (χ3n) is 3.17. The number of aromatic nitrogens is 2. The molecule has 0 saturated carbocycles. The van der Waals surface area contributed by atoms with Gasteiger partial charge in [0.2, 0.25) is 0 Å². The van der Waals surface area contributed by atoms with E-state index in [1.165, 1.54) is 0 Å². The number of H-pyrrole nitrogens is 1. The van der Waals surface area contributed by atoms with Crippen LogP contribution in [0.2, 0.25) is 0 Å². The Morgan fingerprint density at radius 3 is 2.84 bits per heavy atom. The van der Waals surface area contributed by atoms with Gasteiger partial charge in [0.1, 0.15) is 5.69 Å². The summed E-state index contributed by atoms with van der Waals surface area (Å²) in [7, 11) is 0. The van der Waals surface area contributed by atoms with Crippen LogP contribution >= 0.6 is 12.4 Å². The first-order valence-electron chi connectivity index (χ1n) is 6.55. The molecule has 0 atom stereocenters. The van der Waals surface area contributed by atoms with Gasteiger partial charge in [-0.3, -0.25) is 14.8 Å². The second-order valence-electron chi connectivity index (χ2n) is 4.48. The highest BCUT2D eigenvalue weighted by Gasteiger charge is 2.11. The van der Waals surface area contributed by atoms with Gasteiger partial charge in [0, 0.05) is 45.0 Å². The quantitative estimate of drug-likeness (QED) is 0.714. The van der Waals surface area contributed by atoms with Crippen molar-refractivity contribution in [1.82, 2.24) is 25.7 Å². The number of carbonyl (C=O) groups is 1. The molecule has 3 N–H and O–H groups in total. The molecular weight excluding hydrogens is 266 g/mol. The molecule has 0 bridgehead atoms. The molecule has 0 spiro atoms. The number of rotatable bonds is 5. The average Bonchev–Trinajstić information content (AvgIpc) is 2.89. The van der Waals surface area contributed by atoms with E-state index in [0.717, 1.165) is 44.8 Å². The van der Waals surface area contributed by atoms with Gasteiger partial charge < -0.3 is 10.6 Å². The molecule has 1 fully saturated rings. The Bertz CT molecular complexity index is 389. The molecule has 19 heavy (non-hydrogen) atoms. The molecule has 1 aromatic rings. The Hall–Kier alpha value is -1.11. The summed E-state index contributed by atoms with van der Waals surface area (Å²) in [4.78, 5) is 14.1. The lowest BCUT2D eigenvalue weighted by Gasteiger charge is -2.26. The largest absolute Gasteiger partial charge is 0.349 e. The second-order valence-corrected chi connectivity index (χ2v) is 4.48. The van der Waals surface area contributed by atoms with Gasteiger partial charge in [0.05, 0.1) is 0 Å². The second kappa shape index (κ2) is 8.14. The van der Waals surface area contributed by atoms with E-state index in [2.05, 4.69) is 25.7 Å². The van der Waals surface area contributed by atoms with Crippen LogP contribution in [-0.2, 0) is 6.42 Å². The van der Waals surface area contributed by atoms with Crippen LogP contribution in [-0.4, -0.2) is 60.3 Å². The standard InChI is InChI=1S/C12H21N5O.ClH/c1-2-10-9-11(16-15-10)12(18)14-5-8-17-6-3-13-4-7-17;/h9,13H,2-8H2,1H3,(H,14,18)(H,15,16);1H. The van der Waals surface area contributed by atoms with Crippen LogP contribution in [0.15, 0.2) is 6.07 Å². The van der Waals surface area contributed by atoms with Gasteiger partial charge in [-0.1, -0.05) is 6.92 Å². The van der Waals surface area contributed by atoms with Gasteiger partial charge in [0.15, 0.2) is 0 Å². The Kier molecular flexibility index (Phi) is 6.83. The number of aryl methyl sites for hydroxylation is 1. The summed E-state index contributed by atoms with van der Waals surface area (Å²) < 4.78 is 0. The number of nitrogens with zero attached hydrogens (tertiary/aromatic N) is 2. The third kappa shape index (κ3) is 4.81. The number of piperazine rings is 1. The Balaban J connectivity index is 0.00000180. The smallest absolute Gasteiger partial charge is 0.271 e. The van der Waals surface area contributed by atoms with Crippen molar-refractivity contribution in [3.63, 3.8) is 0 Å². The first-order valence-corrected chi connectivity index (χ1v) is 6.55. The minimum atomic E-state index is -0.0962. The predicted octanol–water partition coefficient (Wildman–Crippen LogP) is 0.0289. The summed E-state index contributed by atoms with van der Waals surface area (Å²) in [5.41, 5.74) is 1.47. The highest BCUT2D eigenvalue weighted by atomic mass is 35.5. The molecule has 0 unspecified atom stereocenters. The van der Waals surface area contributed by atoms with Crippen LogP contribution in [0.4, 0.5) is 0 Å². The Morgan fingerprint density at radius 1 is 1.47 bits per heavy atom. The van der Waals surface area contributed by atoms with Crippen LogP contribution in [0.25, 0.3) is 0 Å². The van der Waals surface area contributed by atoms with Crippen LogP contribution in [0.5, 0.6) is 0 Å². The maximum absolute atomic E-state index is 11.8. The lowest BCUT2D eigenvalue weighted by molar-refractivity contribution is 0.0942. The molecule has 1 aliphatic rings. The van der Waals surface area contributed by atoms with E-state index < -0.39 is 0 Å². The van der Waals surface area contributed by atoms with Crippen molar-refractivity contribution in [3.8, 4) is 0 Å². The number of aromatic amines is 1. The summed E-state index contributed by atoms with van der Waals surface area (Å²) in [5.74, 6) is -0.0962. The van der Waals surface area contributed by atoms with Crippen molar-refractivity contribution in [2.75, 3.05) is 39.3 Å². The van der Waals surface area contributed by atoms with Crippen molar-refractivity contribution in [2.24, 2.45) is 0 Å². The monoisotopic (exact) mass is 287 g/mol. The predicted molar refractivity (Wildman–Crippen MR) is 76.9 cm³/mol. The number of hydrogen-bond acceptors (Lipinski definition) is 4. The molecule has 1 amide bonds. The third-order valence-corrected chi connectivity index (χ3v) is 3.17. The lowest BCUT2D eigenvalue weighted by atomic mass is 10.3. The van der Waals surface area contributed by atoms with E-state index >= 15 is 0 Å². The topological polar surface area (TPSA) is 73.1 Å². The summed E-state index contributed by atoms with van der Waals surface area (Å²) in [6.07, 6.45) is 0.862. The number of amides is 1. The van der Waals surface area contributed by atoms with Crippen LogP contribution < -0.4 is 10.6 Å². The van der Waals surface area contributed by atoms with Crippen LogP contribution in [0, 0.1) is 0 Å². The number of halogens is 1. The zero-order valence-electron chi connectivity index (χ0n) is 11.2. The highest BCUT2D eigenvalue weighted by Crippen LogP contribution is 1.99. The van der Waals surface area contributed by atoms with E-state index in [-0.39, 0.29) is 18.3 Å². The van der Waals surface area contributed by atoms with E-state index in [1.807, 2.05) is 6.92 Å². The minimum Gasteiger partial charge on any atom is -0.349 e. The van der Waals surface area contributed by atoms with E-state index in [1.54, 1.807) is 6.07 Å². The fraction of sp³-hybridized carbons (Fsp3) is 0.667. The SMILES string of the molecule is CCc1cc(C(=O)NCCN2CCNCC2)n[nH]1.Cl. The number of nitrogens with one attached hydrogen (secondary N) is 3. The molecule has 2 rings (SSSR count). The molecular formula is C12H22ClN5O. The molecule has 2 heterocycles. The Labute approximate surface area is 119 Å². The molecule has 0 aliphatic carbocycles. The maximum Gasteiger partial charge on any atom is 0.271 e. The van der Waals surface area contributed by atoms with Gasteiger partial charge >= 0.3 is 0 Å². The molecule has 1 saturated heterocycles. The zero-order chi connectivity index (χ0) is 12.8. The van der Waals surface area contributed by atoms with Gasteiger partial charge in [-0.25, -0.2) is 0 Å². The Morgan fingerprint density at radius 2 is 2.21 bits per heavy atom.